The fraction of sp³-hybridized carbons (Fsp3) is 0.217. The van der Waals surface area contributed by atoms with E-state index >= 15 is 8.78 Å². The van der Waals surface area contributed by atoms with Crippen LogP contribution in [0.15, 0.2) is 73.2 Å². The van der Waals surface area contributed by atoms with E-state index in [0.717, 1.165) is 29.3 Å². The third kappa shape index (κ3) is 4.87. The Bertz CT molecular complexity index is 1310. The first-order valence-corrected chi connectivity index (χ1v) is 10.3. The predicted molar refractivity (Wildman–Crippen MR) is 112 cm³/mol. The summed E-state index contributed by atoms with van der Waals surface area (Å²) in [4.78, 5) is 3.55. The van der Waals surface area contributed by atoms with Gasteiger partial charge in [-0.3, -0.25) is 4.98 Å². The molecule has 1 unspecified atom stereocenters. The van der Waals surface area contributed by atoms with Crippen LogP contribution in [-0.4, -0.2) is 36.9 Å². The van der Waals surface area contributed by atoms with Crippen LogP contribution in [0.5, 0.6) is 5.75 Å². The minimum absolute atomic E-state index is 0.248. The summed E-state index contributed by atoms with van der Waals surface area (Å²) < 4.78 is 93.7. The summed E-state index contributed by atoms with van der Waals surface area (Å²) in [6, 6.07) is 10.3. The number of benzene rings is 2. The molecule has 188 valence electrons. The number of hydrogen-bond donors (Lipinski definition) is 1. The second-order valence-corrected chi connectivity index (χ2v) is 7.80. The molecule has 0 fully saturated rings. The second kappa shape index (κ2) is 9.57. The Hall–Kier alpha value is -4.00. The van der Waals surface area contributed by atoms with Crippen molar-refractivity contribution in [1.82, 2.24) is 25.2 Å². The number of nitrogens with zero attached hydrogens (tertiary/aromatic N) is 5. The largest absolute Gasteiger partial charge is 0.485 e. The smallest absolute Gasteiger partial charge is 0.323 e. The number of aliphatic hydroxyl groups is 1. The van der Waals surface area contributed by atoms with Crippen molar-refractivity contribution < 1.29 is 36.2 Å². The van der Waals surface area contributed by atoms with Gasteiger partial charge in [-0.25, -0.2) is 13.5 Å². The van der Waals surface area contributed by atoms with E-state index in [4.69, 9.17) is 4.74 Å². The van der Waals surface area contributed by atoms with Crippen molar-refractivity contribution in [3.63, 3.8) is 0 Å². The molecule has 13 heteroatoms. The van der Waals surface area contributed by atoms with Crippen molar-refractivity contribution in [2.75, 3.05) is 6.61 Å². The quantitative estimate of drug-likeness (QED) is 0.341. The van der Waals surface area contributed by atoms with E-state index in [0.29, 0.717) is 18.2 Å². The number of alkyl halides is 4. The minimum atomic E-state index is -4.29. The van der Waals surface area contributed by atoms with Gasteiger partial charge in [-0.05, 0) is 34.7 Å². The molecule has 0 aliphatic carbocycles. The lowest BCUT2D eigenvalue weighted by Gasteiger charge is -2.35. The van der Waals surface area contributed by atoms with Crippen molar-refractivity contribution in [2.24, 2.45) is 0 Å². The molecular formula is C23H17F6N5O2. The Balaban J connectivity index is 1.62. The van der Waals surface area contributed by atoms with Crippen molar-refractivity contribution in [3.8, 4) is 5.75 Å². The normalized spacial score (nSPS) is 13.9. The average molecular weight is 509 g/mol. The molecule has 36 heavy (non-hydrogen) atoms. The third-order valence-electron chi connectivity index (χ3n) is 5.35. The molecule has 0 radical (unpaired) electrons. The summed E-state index contributed by atoms with van der Waals surface area (Å²) in [5.41, 5.74) is -5.59. The molecule has 0 aliphatic rings. The van der Waals surface area contributed by atoms with E-state index in [-0.39, 0.29) is 11.3 Å². The highest BCUT2D eigenvalue weighted by atomic mass is 19.3. The zero-order valence-electron chi connectivity index (χ0n) is 18.2. The Morgan fingerprint density at radius 2 is 1.69 bits per heavy atom. The predicted octanol–water partition coefficient (Wildman–Crippen LogP) is 4.20. The molecule has 4 rings (SSSR count). The maximum atomic E-state index is 15.7. The van der Waals surface area contributed by atoms with Gasteiger partial charge >= 0.3 is 11.8 Å². The second-order valence-electron chi connectivity index (χ2n) is 7.80. The van der Waals surface area contributed by atoms with Crippen molar-refractivity contribution >= 4 is 0 Å². The molecule has 2 aromatic carbocycles. The molecule has 0 saturated heterocycles. The van der Waals surface area contributed by atoms with Crippen LogP contribution in [0.2, 0.25) is 0 Å². The minimum Gasteiger partial charge on any atom is -0.485 e. The number of pyridine rings is 1. The monoisotopic (exact) mass is 509 g/mol. The standard InChI is InChI=1S/C23H17F6N5O2/c24-16-6-8-18(19(25)10-16)21(35,12-34-14-31-32-33-34)23(28,29)20-9-7-17(11-30-20)36-13-22(26,27)15-4-2-1-3-5-15/h1-11,14,35H,12-13H2. The molecule has 4 aromatic rings. The Kier molecular flexibility index (Phi) is 6.67. The summed E-state index contributed by atoms with van der Waals surface area (Å²) in [5, 5.41) is 21.1. The third-order valence-corrected chi connectivity index (χ3v) is 5.35. The van der Waals surface area contributed by atoms with Crippen LogP contribution in [0.25, 0.3) is 0 Å². The molecule has 1 N–H and O–H groups in total. The number of hydrogen-bond acceptors (Lipinski definition) is 6. The van der Waals surface area contributed by atoms with Gasteiger partial charge in [0.1, 0.15) is 29.4 Å². The van der Waals surface area contributed by atoms with Crippen LogP contribution in [0.3, 0.4) is 0 Å². The first-order valence-electron chi connectivity index (χ1n) is 10.3. The van der Waals surface area contributed by atoms with Gasteiger partial charge in [0.15, 0.2) is 12.2 Å². The van der Waals surface area contributed by atoms with E-state index in [1.54, 1.807) is 6.07 Å². The SMILES string of the molecule is OC(Cn1cnnn1)(c1ccc(F)cc1F)C(F)(F)c1ccc(OCC(F)(F)c2ccccc2)cn1. The topological polar surface area (TPSA) is 86.0 Å². The van der Waals surface area contributed by atoms with Crippen LogP contribution >= 0.6 is 0 Å². The molecule has 0 amide bonds. The van der Waals surface area contributed by atoms with Crippen LogP contribution < -0.4 is 4.74 Å². The first-order chi connectivity index (χ1) is 17.0. The summed E-state index contributed by atoms with van der Waals surface area (Å²) >= 11 is 0. The van der Waals surface area contributed by atoms with Crippen LogP contribution in [0.4, 0.5) is 26.3 Å². The zero-order chi connectivity index (χ0) is 26.0. The first kappa shape index (κ1) is 25.1. The number of halogens is 6. The van der Waals surface area contributed by atoms with Gasteiger partial charge in [-0.15, -0.1) is 5.10 Å². The Morgan fingerprint density at radius 3 is 2.31 bits per heavy atom. The van der Waals surface area contributed by atoms with Gasteiger partial charge in [0, 0.05) is 17.2 Å². The Labute approximate surface area is 200 Å². The molecule has 0 spiro atoms. The van der Waals surface area contributed by atoms with Gasteiger partial charge < -0.3 is 9.84 Å². The van der Waals surface area contributed by atoms with Gasteiger partial charge in [0.05, 0.1) is 12.7 Å². The van der Waals surface area contributed by atoms with Gasteiger partial charge in [-0.1, -0.05) is 30.3 Å². The Morgan fingerprint density at radius 1 is 0.944 bits per heavy atom. The summed E-state index contributed by atoms with van der Waals surface area (Å²) in [6.45, 7) is -2.11. The lowest BCUT2D eigenvalue weighted by atomic mass is 9.84. The summed E-state index contributed by atoms with van der Waals surface area (Å²) in [5.74, 6) is -10.4. The molecule has 0 saturated carbocycles. The molecule has 2 aromatic heterocycles. The van der Waals surface area contributed by atoms with E-state index < -0.39 is 53.5 Å². The lowest BCUT2D eigenvalue weighted by Crippen LogP contribution is -2.48. The van der Waals surface area contributed by atoms with Crippen LogP contribution in [0.1, 0.15) is 16.8 Å². The average Bonchev–Trinajstić information content (AvgIpc) is 3.36. The molecule has 7 nitrogen and oxygen atoms in total. The van der Waals surface area contributed by atoms with E-state index in [2.05, 4.69) is 20.5 Å². The highest BCUT2D eigenvalue weighted by Crippen LogP contribution is 2.46. The van der Waals surface area contributed by atoms with Gasteiger partial charge in [0.25, 0.3) is 0 Å². The maximum absolute atomic E-state index is 15.7. The zero-order valence-corrected chi connectivity index (χ0v) is 18.2. The van der Waals surface area contributed by atoms with E-state index in [9.17, 15) is 22.7 Å². The highest BCUT2D eigenvalue weighted by Gasteiger charge is 2.58. The van der Waals surface area contributed by atoms with Gasteiger partial charge in [0.2, 0.25) is 0 Å². The molecule has 0 bridgehead atoms. The van der Waals surface area contributed by atoms with Crippen LogP contribution in [0, 0.1) is 11.6 Å². The molecular weight excluding hydrogens is 492 g/mol. The van der Waals surface area contributed by atoms with Crippen molar-refractivity contribution in [3.05, 3.63) is 102 Å². The number of rotatable bonds is 9. The molecule has 1 atom stereocenters. The molecule has 2 heterocycles. The maximum Gasteiger partial charge on any atom is 0.323 e. The fourth-order valence-corrected chi connectivity index (χ4v) is 3.47. The number of aromatic nitrogens is 5. The fourth-order valence-electron chi connectivity index (χ4n) is 3.47. The van der Waals surface area contributed by atoms with E-state index in [1.807, 2.05) is 0 Å². The number of tetrazole rings is 1. The highest BCUT2D eigenvalue weighted by molar-refractivity contribution is 5.32. The lowest BCUT2D eigenvalue weighted by molar-refractivity contribution is -0.207. The van der Waals surface area contributed by atoms with Gasteiger partial charge in [-0.2, -0.15) is 17.6 Å². The summed E-state index contributed by atoms with van der Waals surface area (Å²) in [7, 11) is 0. The summed E-state index contributed by atoms with van der Waals surface area (Å²) in [6.07, 6.45) is 1.68. The van der Waals surface area contributed by atoms with Crippen LogP contribution in [-0.2, 0) is 24.0 Å². The van der Waals surface area contributed by atoms with E-state index in [1.165, 1.54) is 24.3 Å². The van der Waals surface area contributed by atoms with Crippen molar-refractivity contribution in [2.45, 2.75) is 24.0 Å². The van der Waals surface area contributed by atoms with Crippen molar-refractivity contribution in [1.29, 1.82) is 0 Å². The number of ether oxygens (including phenoxy) is 1. The molecule has 0 aliphatic heterocycles.